The van der Waals surface area contributed by atoms with Crippen LogP contribution in [0.2, 0.25) is 5.02 Å². The van der Waals surface area contributed by atoms with Gasteiger partial charge in [-0.3, -0.25) is 14.6 Å². The molecule has 1 saturated heterocycles. The van der Waals surface area contributed by atoms with Crippen LogP contribution in [0.1, 0.15) is 5.56 Å². The van der Waals surface area contributed by atoms with E-state index in [-0.39, 0.29) is 18.3 Å². The number of azo groups is 1. The van der Waals surface area contributed by atoms with Gasteiger partial charge >= 0.3 is 0 Å². The highest BCUT2D eigenvalue weighted by Crippen LogP contribution is 2.35. The number of nitrogens with one attached hydrogen (secondary N) is 1. The van der Waals surface area contributed by atoms with Gasteiger partial charge in [-0.25, -0.2) is 0 Å². The summed E-state index contributed by atoms with van der Waals surface area (Å²) in [6.07, 6.45) is 0. The minimum Gasteiger partial charge on any atom is -0.493 e. The lowest BCUT2D eigenvalue weighted by atomic mass is 10.2. The first kappa shape index (κ1) is 19.6. The number of hydrogen-bond acceptors (Lipinski definition) is 5. The van der Waals surface area contributed by atoms with Crippen molar-refractivity contribution in [3.8, 4) is 5.88 Å². The van der Waals surface area contributed by atoms with Crippen molar-refractivity contribution in [2.75, 3.05) is 32.7 Å². The molecule has 0 unspecified atom stereocenters. The molecule has 0 radical (unpaired) electrons. The highest BCUT2D eigenvalue weighted by atomic mass is 35.5. The molecule has 1 amide bonds. The Morgan fingerprint density at radius 1 is 1.03 bits per heavy atom. The Kier molecular flexibility index (Phi) is 5.89. The molecule has 0 saturated carbocycles. The second-order valence-corrected chi connectivity index (χ2v) is 7.51. The van der Waals surface area contributed by atoms with E-state index < -0.39 is 0 Å². The van der Waals surface area contributed by atoms with Crippen molar-refractivity contribution < 1.29 is 9.90 Å². The summed E-state index contributed by atoms with van der Waals surface area (Å²) in [5, 5.41) is 19.3. The molecule has 1 aliphatic rings. The molecule has 0 spiro atoms. The lowest BCUT2D eigenvalue weighted by molar-refractivity contribution is -0.119. The summed E-state index contributed by atoms with van der Waals surface area (Å²) in [4.78, 5) is 19.5. The number of carbonyl (C=O) groups is 1. The third kappa shape index (κ3) is 4.64. The Hall–Kier alpha value is -2.74. The second-order valence-electron chi connectivity index (χ2n) is 7.11. The Morgan fingerprint density at radius 2 is 1.72 bits per heavy atom. The largest absolute Gasteiger partial charge is 0.493 e. The lowest BCUT2D eigenvalue weighted by Crippen LogP contribution is -2.47. The summed E-state index contributed by atoms with van der Waals surface area (Å²) < 4.78 is 0. The molecule has 0 bridgehead atoms. The molecule has 4 rings (SSSR count). The van der Waals surface area contributed by atoms with E-state index in [2.05, 4.69) is 25.0 Å². The minimum atomic E-state index is -0.325. The van der Waals surface area contributed by atoms with Gasteiger partial charge in [0, 0.05) is 43.1 Å². The average molecular weight is 412 g/mol. The predicted molar refractivity (Wildman–Crippen MR) is 113 cm³/mol. The zero-order chi connectivity index (χ0) is 20.2. The lowest BCUT2D eigenvalue weighted by Gasteiger charge is -2.34. The van der Waals surface area contributed by atoms with E-state index in [1.165, 1.54) is 0 Å². The van der Waals surface area contributed by atoms with Crippen molar-refractivity contribution >= 4 is 34.1 Å². The van der Waals surface area contributed by atoms with Crippen LogP contribution in [0.15, 0.2) is 58.8 Å². The molecule has 2 N–H and O–H groups in total. The normalized spacial score (nSPS) is 16.0. The fourth-order valence-corrected chi connectivity index (χ4v) is 3.71. The van der Waals surface area contributed by atoms with Crippen molar-refractivity contribution in [3.05, 3.63) is 59.1 Å². The first-order chi connectivity index (χ1) is 14.1. The van der Waals surface area contributed by atoms with Gasteiger partial charge in [0.15, 0.2) is 5.69 Å². The fraction of sp³-hybridized carbons (Fsp3) is 0.286. The number of piperazine rings is 1. The quantitative estimate of drug-likeness (QED) is 0.622. The molecular weight excluding hydrogens is 390 g/mol. The SMILES string of the molecule is O=C(CN1CCN(Cc2ccccc2Cl)CC1)N=Nc1c(O)[nH]c2ccccc12. The maximum atomic E-state index is 12.2. The van der Waals surface area contributed by atoms with E-state index in [0.717, 1.165) is 54.2 Å². The summed E-state index contributed by atoms with van der Waals surface area (Å²) in [6.45, 7) is 4.30. The fourth-order valence-electron chi connectivity index (χ4n) is 3.52. The van der Waals surface area contributed by atoms with E-state index in [1.54, 1.807) is 0 Å². The Morgan fingerprint density at radius 3 is 2.52 bits per heavy atom. The third-order valence-electron chi connectivity index (χ3n) is 5.10. The summed E-state index contributed by atoms with van der Waals surface area (Å²) >= 11 is 6.24. The number of aromatic amines is 1. The van der Waals surface area contributed by atoms with Gasteiger partial charge in [-0.1, -0.05) is 48.0 Å². The number of aromatic nitrogens is 1. The van der Waals surface area contributed by atoms with Crippen molar-refractivity contribution in [2.45, 2.75) is 6.54 Å². The maximum Gasteiger partial charge on any atom is 0.278 e. The first-order valence-corrected chi connectivity index (χ1v) is 9.90. The number of nitrogens with zero attached hydrogens (tertiary/aromatic N) is 4. The average Bonchev–Trinajstić information content (AvgIpc) is 3.04. The van der Waals surface area contributed by atoms with Crippen molar-refractivity contribution in [2.24, 2.45) is 10.2 Å². The van der Waals surface area contributed by atoms with Crippen LogP contribution in [0, 0.1) is 0 Å². The van der Waals surface area contributed by atoms with Crippen LogP contribution >= 0.6 is 11.6 Å². The van der Waals surface area contributed by atoms with Gasteiger partial charge in [0.05, 0.1) is 12.1 Å². The van der Waals surface area contributed by atoms with E-state index >= 15 is 0 Å². The van der Waals surface area contributed by atoms with Crippen LogP contribution in [-0.4, -0.2) is 58.5 Å². The van der Waals surface area contributed by atoms with Gasteiger partial charge in [-0.2, -0.15) is 0 Å². The Balaban J connectivity index is 1.30. The van der Waals surface area contributed by atoms with E-state index in [9.17, 15) is 9.90 Å². The number of rotatable bonds is 5. The van der Waals surface area contributed by atoms with Crippen LogP contribution < -0.4 is 0 Å². The number of benzene rings is 2. The molecule has 150 valence electrons. The highest BCUT2D eigenvalue weighted by Gasteiger charge is 2.20. The highest BCUT2D eigenvalue weighted by molar-refractivity contribution is 6.31. The molecule has 29 heavy (non-hydrogen) atoms. The molecular formula is C21H22ClN5O2. The number of carbonyl (C=O) groups excluding carboxylic acids is 1. The monoisotopic (exact) mass is 411 g/mol. The van der Waals surface area contributed by atoms with Crippen LogP contribution in [-0.2, 0) is 11.3 Å². The second kappa shape index (κ2) is 8.73. The van der Waals surface area contributed by atoms with Gasteiger partial charge in [-0.05, 0) is 17.7 Å². The zero-order valence-electron chi connectivity index (χ0n) is 15.9. The smallest absolute Gasteiger partial charge is 0.278 e. The first-order valence-electron chi connectivity index (χ1n) is 9.52. The zero-order valence-corrected chi connectivity index (χ0v) is 16.6. The van der Waals surface area contributed by atoms with E-state index in [4.69, 9.17) is 11.6 Å². The number of fused-ring (bicyclic) bond motifs is 1. The molecule has 2 aromatic carbocycles. The van der Waals surface area contributed by atoms with Crippen molar-refractivity contribution in [3.63, 3.8) is 0 Å². The van der Waals surface area contributed by atoms with Crippen LogP contribution in [0.4, 0.5) is 5.69 Å². The number of aromatic hydroxyl groups is 1. The molecule has 2 heterocycles. The number of halogens is 1. The molecule has 7 nitrogen and oxygen atoms in total. The number of amides is 1. The molecule has 3 aromatic rings. The molecule has 8 heteroatoms. The summed E-state index contributed by atoms with van der Waals surface area (Å²) in [6, 6.07) is 15.2. The summed E-state index contributed by atoms with van der Waals surface area (Å²) in [5.74, 6) is -0.412. The van der Waals surface area contributed by atoms with Gasteiger partial charge < -0.3 is 10.1 Å². The predicted octanol–water partition coefficient (Wildman–Crippen LogP) is 3.96. The van der Waals surface area contributed by atoms with E-state index in [0.29, 0.717) is 5.69 Å². The molecule has 1 fully saturated rings. The number of para-hydroxylation sites is 1. The molecule has 0 aliphatic carbocycles. The van der Waals surface area contributed by atoms with Gasteiger partial charge in [0.25, 0.3) is 5.91 Å². The van der Waals surface area contributed by atoms with Gasteiger partial charge in [0.2, 0.25) is 5.88 Å². The molecule has 0 atom stereocenters. The molecule has 1 aromatic heterocycles. The van der Waals surface area contributed by atoms with Crippen molar-refractivity contribution in [1.82, 2.24) is 14.8 Å². The van der Waals surface area contributed by atoms with Crippen molar-refractivity contribution in [1.29, 1.82) is 0 Å². The van der Waals surface area contributed by atoms with E-state index in [1.807, 2.05) is 48.5 Å². The standard InChI is InChI=1S/C21H22ClN5O2/c22-17-7-3-1-5-15(17)13-26-9-11-27(12-10-26)14-19(28)24-25-20-16-6-2-4-8-18(16)23-21(20)29/h1-8,23,29H,9-14H2. The maximum absolute atomic E-state index is 12.2. The van der Waals surface area contributed by atoms with Gasteiger partial charge in [0.1, 0.15) is 0 Å². The topological polar surface area (TPSA) is 84.3 Å². The Bertz CT molecular complexity index is 1040. The summed E-state index contributed by atoms with van der Waals surface area (Å²) in [5.41, 5.74) is 2.16. The van der Waals surface area contributed by atoms with Crippen LogP contribution in [0.25, 0.3) is 10.9 Å². The number of H-pyrrole nitrogens is 1. The third-order valence-corrected chi connectivity index (χ3v) is 5.47. The number of hydrogen-bond donors (Lipinski definition) is 2. The van der Waals surface area contributed by atoms with Crippen LogP contribution in [0.5, 0.6) is 5.88 Å². The Labute approximate surface area is 173 Å². The van der Waals surface area contributed by atoms with Crippen LogP contribution in [0.3, 0.4) is 0 Å². The summed E-state index contributed by atoms with van der Waals surface area (Å²) in [7, 11) is 0. The molecule has 1 aliphatic heterocycles. The minimum absolute atomic E-state index is 0.0871. The van der Waals surface area contributed by atoms with Gasteiger partial charge in [-0.15, -0.1) is 10.2 Å².